The molecule has 0 radical (unpaired) electrons. The first-order valence-electron chi connectivity index (χ1n) is 20.5. The van der Waals surface area contributed by atoms with Gasteiger partial charge in [-0.3, -0.25) is 0 Å². The normalized spacial score (nSPS) is 11.7. The van der Waals surface area contributed by atoms with Gasteiger partial charge in [-0.2, -0.15) is 0 Å². The van der Waals surface area contributed by atoms with Crippen molar-refractivity contribution in [3.05, 3.63) is 224 Å². The van der Waals surface area contributed by atoms with Gasteiger partial charge in [-0.15, -0.1) is 0 Å². The van der Waals surface area contributed by atoms with Gasteiger partial charge in [0.2, 0.25) is 0 Å². The molecule has 12 rings (SSSR count). The van der Waals surface area contributed by atoms with E-state index in [1.165, 1.54) is 48.9 Å². The van der Waals surface area contributed by atoms with Crippen LogP contribution in [0.3, 0.4) is 0 Å². The van der Waals surface area contributed by atoms with Crippen molar-refractivity contribution in [2.24, 2.45) is 0 Å². The van der Waals surface area contributed by atoms with Crippen molar-refractivity contribution >= 4 is 54.4 Å². The minimum absolute atomic E-state index is 0.927. The number of fused-ring (bicyclic) bond motifs is 8. The van der Waals surface area contributed by atoms with Gasteiger partial charge in [0.05, 0.1) is 33.5 Å². The summed E-state index contributed by atoms with van der Waals surface area (Å²) in [5.41, 5.74) is 15.6. The lowest BCUT2D eigenvalue weighted by Gasteiger charge is -2.15. The summed E-state index contributed by atoms with van der Waals surface area (Å²) in [4.78, 5) is 5.45. The van der Waals surface area contributed by atoms with Crippen molar-refractivity contribution < 1.29 is 0 Å². The molecular weight excluding hydrogens is 727 g/mol. The highest BCUT2D eigenvalue weighted by Gasteiger charge is 2.21. The van der Waals surface area contributed by atoms with Gasteiger partial charge in [0.25, 0.3) is 0 Å². The topological polar surface area (TPSA) is 22.8 Å². The van der Waals surface area contributed by atoms with Crippen LogP contribution in [-0.2, 0) is 0 Å². The molecule has 0 aliphatic carbocycles. The first-order valence-corrected chi connectivity index (χ1v) is 20.5. The lowest BCUT2D eigenvalue weighted by molar-refractivity contribution is 1.17. The molecule has 0 amide bonds. The molecule has 0 saturated heterocycles. The predicted molar refractivity (Wildman–Crippen MR) is 252 cm³/mol. The Labute approximate surface area is 347 Å². The van der Waals surface area contributed by atoms with Crippen LogP contribution in [0, 0.1) is 0 Å². The summed E-state index contributed by atoms with van der Waals surface area (Å²) in [5, 5.41) is 7.41. The summed E-state index contributed by atoms with van der Waals surface area (Å²) >= 11 is 0. The Morgan fingerprint density at radius 3 is 1.73 bits per heavy atom. The Kier molecular flexibility index (Phi) is 7.85. The van der Waals surface area contributed by atoms with Crippen LogP contribution >= 0.6 is 0 Å². The molecule has 3 heteroatoms. The number of rotatable bonds is 6. The molecular formula is C57H37N3. The molecule has 0 bridgehead atoms. The molecule has 0 unspecified atom stereocenters. The molecule has 9 aromatic carbocycles. The van der Waals surface area contributed by atoms with Gasteiger partial charge in [-0.05, 0) is 87.6 Å². The zero-order valence-corrected chi connectivity index (χ0v) is 32.7. The summed E-state index contributed by atoms with van der Waals surface area (Å²) < 4.78 is 4.91. The van der Waals surface area contributed by atoms with Crippen LogP contribution in [0.2, 0.25) is 0 Å². The number of benzene rings is 9. The van der Waals surface area contributed by atoms with Gasteiger partial charge >= 0.3 is 0 Å². The van der Waals surface area contributed by atoms with Crippen LogP contribution in [0.1, 0.15) is 0 Å². The van der Waals surface area contributed by atoms with Gasteiger partial charge in [0.1, 0.15) is 0 Å². The fraction of sp³-hybridized carbons (Fsp3) is 0. The van der Waals surface area contributed by atoms with Crippen molar-refractivity contribution in [3.63, 3.8) is 0 Å². The zero-order chi connectivity index (χ0) is 39.6. The van der Waals surface area contributed by atoms with Crippen LogP contribution in [-0.4, -0.2) is 14.1 Å². The summed E-state index contributed by atoms with van der Waals surface area (Å²) in [5.74, 6) is 0. The Balaban J connectivity index is 1.09. The molecule has 0 spiro atoms. The van der Waals surface area contributed by atoms with E-state index >= 15 is 0 Å². The molecule has 0 aliphatic heterocycles. The van der Waals surface area contributed by atoms with E-state index in [1.54, 1.807) is 0 Å². The predicted octanol–water partition coefficient (Wildman–Crippen LogP) is 15.1. The second-order valence-corrected chi connectivity index (χ2v) is 15.5. The second-order valence-electron chi connectivity index (χ2n) is 15.5. The minimum Gasteiger partial charge on any atom is -0.309 e. The van der Waals surface area contributed by atoms with E-state index in [2.05, 4.69) is 234 Å². The third-order valence-electron chi connectivity index (χ3n) is 12.1. The quantitative estimate of drug-likeness (QED) is 0.165. The maximum Gasteiger partial charge on any atom is 0.0721 e. The average Bonchev–Trinajstić information content (AvgIpc) is 3.85. The number of hydrogen-bond acceptors (Lipinski definition) is 1. The standard InChI is InChI=1S/C57H37N3/c1-3-16-38(17-4-1)43-36-51(58-52(37-43)47-25-10-9-24-46(47)40-19-5-2-6-20-40)42-22-15-23-44(35-42)59-54-29-14-12-27-50(54)56-55(59)33-32-49-48-26-11-13-28-53(48)60(57(49)56)45-31-30-39-18-7-8-21-41(39)34-45/h1-37H. The summed E-state index contributed by atoms with van der Waals surface area (Å²) in [6.07, 6.45) is 0. The Bertz CT molecular complexity index is 3590. The van der Waals surface area contributed by atoms with E-state index in [0.29, 0.717) is 0 Å². The first-order chi connectivity index (χ1) is 29.8. The summed E-state index contributed by atoms with van der Waals surface area (Å²) in [7, 11) is 0. The van der Waals surface area contributed by atoms with Gasteiger partial charge in [-0.1, -0.05) is 170 Å². The second kappa shape index (κ2) is 13.8. The van der Waals surface area contributed by atoms with Crippen LogP contribution in [0.25, 0.3) is 111 Å². The molecule has 280 valence electrons. The Hall–Kier alpha value is -8.01. The monoisotopic (exact) mass is 763 g/mol. The molecule has 60 heavy (non-hydrogen) atoms. The van der Waals surface area contributed by atoms with Crippen LogP contribution < -0.4 is 0 Å². The average molecular weight is 764 g/mol. The SMILES string of the molecule is c1ccc(-c2cc(-c3cccc(-n4c5ccccc5c5c4ccc4c6ccccc6n(-c6ccc7ccccc7c6)c45)c3)nc(-c3ccccc3-c3ccccc3)c2)cc1. The van der Waals surface area contributed by atoms with Gasteiger partial charge in [-0.25, -0.2) is 4.98 Å². The number of nitrogens with zero attached hydrogens (tertiary/aromatic N) is 3. The third kappa shape index (κ3) is 5.48. The number of aromatic nitrogens is 3. The molecule has 3 heterocycles. The fourth-order valence-corrected chi connectivity index (χ4v) is 9.36. The van der Waals surface area contributed by atoms with E-state index in [1.807, 2.05) is 0 Å². The maximum atomic E-state index is 5.45. The first kappa shape index (κ1) is 34.1. The van der Waals surface area contributed by atoms with E-state index in [4.69, 9.17) is 4.98 Å². The number of pyridine rings is 1. The minimum atomic E-state index is 0.927. The smallest absolute Gasteiger partial charge is 0.0721 e. The largest absolute Gasteiger partial charge is 0.309 e. The number of hydrogen-bond donors (Lipinski definition) is 0. The Morgan fingerprint density at radius 2 is 0.917 bits per heavy atom. The van der Waals surface area contributed by atoms with Crippen LogP contribution in [0.5, 0.6) is 0 Å². The van der Waals surface area contributed by atoms with Gasteiger partial charge < -0.3 is 9.13 Å². The third-order valence-corrected chi connectivity index (χ3v) is 12.1. The fourth-order valence-electron chi connectivity index (χ4n) is 9.36. The highest BCUT2D eigenvalue weighted by atomic mass is 15.0. The van der Waals surface area contributed by atoms with E-state index < -0.39 is 0 Å². The van der Waals surface area contributed by atoms with Crippen molar-refractivity contribution in [3.8, 4) is 56.1 Å². The molecule has 12 aromatic rings. The van der Waals surface area contributed by atoms with Crippen LogP contribution in [0.15, 0.2) is 224 Å². The maximum absolute atomic E-state index is 5.45. The van der Waals surface area contributed by atoms with E-state index in [0.717, 1.165) is 61.6 Å². The summed E-state index contributed by atoms with van der Waals surface area (Å²) in [6, 6.07) is 80.9. The van der Waals surface area contributed by atoms with Crippen molar-refractivity contribution in [1.82, 2.24) is 14.1 Å². The lowest BCUT2D eigenvalue weighted by atomic mass is 9.95. The Morgan fingerprint density at radius 1 is 0.300 bits per heavy atom. The highest BCUT2D eigenvalue weighted by molar-refractivity contribution is 6.26. The number of para-hydroxylation sites is 2. The molecule has 0 saturated carbocycles. The van der Waals surface area contributed by atoms with Gasteiger partial charge in [0.15, 0.2) is 0 Å². The van der Waals surface area contributed by atoms with Crippen molar-refractivity contribution in [2.75, 3.05) is 0 Å². The molecule has 0 aliphatic rings. The molecule has 0 fully saturated rings. The highest BCUT2D eigenvalue weighted by Crippen LogP contribution is 2.43. The van der Waals surface area contributed by atoms with Crippen molar-refractivity contribution in [2.45, 2.75) is 0 Å². The van der Waals surface area contributed by atoms with Crippen LogP contribution in [0.4, 0.5) is 0 Å². The molecule has 0 N–H and O–H groups in total. The van der Waals surface area contributed by atoms with Crippen molar-refractivity contribution in [1.29, 1.82) is 0 Å². The molecule has 0 atom stereocenters. The summed E-state index contributed by atoms with van der Waals surface area (Å²) in [6.45, 7) is 0. The van der Waals surface area contributed by atoms with E-state index in [9.17, 15) is 0 Å². The zero-order valence-electron chi connectivity index (χ0n) is 32.7. The molecule has 3 aromatic heterocycles. The molecule has 3 nitrogen and oxygen atoms in total. The lowest BCUT2D eigenvalue weighted by Crippen LogP contribution is -1.97. The van der Waals surface area contributed by atoms with Gasteiger partial charge in [0, 0.05) is 44.0 Å². The van der Waals surface area contributed by atoms with E-state index in [-0.39, 0.29) is 0 Å².